The van der Waals surface area contributed by atoms with Crippen molar-refractivity contribution in [1.29, 1.82) is 0 Å². The molecule has 1 heterocycles. The molecule has 0 aliphatic rings. The minimum Gasteiger partial charge on any atom is -0.497 e. The van der Waals surface area contributed by atoms with E-state index in [0.29, 0.717) is 17.9 Å². The average Bonchev–Trinajstić information content (AvgIpc) is 2.87. The van der Waals surface area contributed by atoms with Crippen LogP contribution < -0.4 is 15.2 Å². The summed E-state index contributed by atoms with van der Waals surface area (Å²) in [6, 6.07) is 26.2. The van der Waals surface area contributed by atoms with Gasteiger partial charge in [-0.05, 0) is 17.7 Å². The smallest absolute Gasteiger partial charge is 0.323 e. The summed E-state index contributed by atoms with van der Waals surface area (Å²) in [4.78, 5) is 17.0. The van der Waals surface area contributed by atoms with Gasteiger partial charge in [0.15, 0.2) is 0 Å². The Morgan fingerprint density at radius 2 is 1.70 bits per heavy atom. The van der Waals surface area contributed by atoms with Gasteiger partial charge in [0.2, 0.25) is 0 Å². The summed E-state index contributed by atoms with van der Waals surface area (Å²) in [5, 5.41) is 0.857. The minimum atomic E-state index is -0.768. The van der Waals surface area contributed by atoms with Crippen LogP contribution in [0.4, 0.5) is 0 Å². The molecule has 2 N–H and O–H groups in total. The van der Waals surface area contributed by atoms with Crippen LogP contribution in [0.5, 0.6) is 11.5 Å². The Balaban J connectivity index is 1.45. The van der Waals surface area contributed by atoms with Gasteiger partial charge in [0.25, 0.3) is 0 Å². The highest BCUT2D eigenvalue weighted by Crippen LogP contribution is 2.32. The molecule has 6 nitrogen and oxygen atoms in total. The number of carbonyl (C=O) groups is 1. The quantitative estimate of drug-likeness (QED) is 0.377. The van der Waals surface area contributed by atoms with Crippen molar-refractivity contribution in [3.8, 4) is 22.8 Å². The summed E-state index contributed by atoms with van der Waals surface area (Å²) in [5.41, 5.74) is 9.48. The van der Waals surface area contributed by atoms with E-state index in [1.54, 1.807) is 7.11 Å². The van der Waals surface area contributed by atoms with E-state index in [1.165, 1.54) is 0 Å². The fourth-order valence-electron chi connectivity index (χ4n) is 3.43. The second kappa shape index (κ2) is 10.6. The maximum atomic E-state index is 12.3. The summed E-state index contributed by atoms with van der Waals surface area (Å²) in [6.45, 7) is 0.465. The summed E-state index contributed by atoms with van der Waals surface area (Å²) >= 11 is 0. The van der Waals surface area contributed by atoms with E-state index in [1.807, 2.05) is 84.9 Å². The number of pyridine rings is 1. The first-order chi connectivity index (χ1) is 16.1. The number of hydrogen-bond donors (Lipinski definition) is 1. The number of esters is 1. The Morgan fingerprint density at radius 1 is 0.970 bits per heavy atom. The van der Waals surface area contributed by atoms with Gasteiger partial charge in [0.1, 0.15) is 24.1 Å². The highest BCUT2D eigenvalue weighted by molar-refractivity contribution is 5.89. The molecule has 6 heteroatoms. The topological polar surface area (TPSA) is 83.7 Å². The van der Waals surface area contributed by atoms with E-state index in [2.05, 4.69) is 0 Å². The Morgan fingerprint density at radius 3 is 2.42 bits per heavy atom. The molecular formula is C27H26N2O4. The van der Waals surface area contributed by atoms with Gasteiger partial charge in [-0.2, -0.15) is 0 Å². The molecule has 1 aromatic heterocycles. The lowest BCUT2D eigenvalue weighted by atomic mass is 10.1. The van der Waals surface area contributed by atoms with Crippen molar-refractivity contribution < 1.29 is 19.0 Å². The summed E-state index contributed by atoms with van der Waals surface area (Å²) in [5.74, 6) is 0.942. The molecule has 1 atom stereocenters. The lowest BCUT2D eigenvalue weighted by molar-refractivity contribution is -0.146. The van der Waals surface area contributed by atoms with Crippen LogP contribution in [-0.2, 0) is 16.1 Å². The SMILES string of the molecule is COc1ccc2c(OCC[C@H](N)C(=O)OCc3ccccc3)cc(-c3ccccc3)nc2c1. The van der Waals surface area contributed by atoms with Crippen molar-refractivity contribution in [2.24, 2.45) is 5.73 Å². The van der Waals surface area contributed by atoms with Crippen molar-refractivity contribution >= 4 is 16.9 Å². The van der Waals surface area contributed by atoms with Crippen LogP contribution in [-0.4, -0.2) is 30.7 Å². The van der Waals surface area contributed by atoms with Gasteiger partial charge in [-0.25, -0.2) is 4.98 Å². The fourth-order valence-corrected chi connectivity index (χ4v) is 3.43. The molecule has 0 aliphatic heterocycles. The number of benzene rings is 3. The number of carbonyl (C=O) groups excluding carboxylic acids is 1. The first-order valence-electron chi connectivity index (χ1n) is 10.8. The zero-order chi connectivity index (χ0) is 23.0. The van der Waals surface area contributed by atoms with Crippen molar-refractivity contribution in [2.75, 3.05) is 13.7 Å². The van der Waals surface area contributed by atoms with Crippen molar-refractivity contribution in [3.05, 3.63) is 90.5 Å². The number of ether oxygens (including phenoxy) is 3. The van der Waals surface area contributed by atoms with Crippen LogP contribution in [0, 0.1) is 0 Å². The fraction of sp³-hybridized carbons (Fsp3) is 0.185. The number of nitrogens with two attached hydrogens (primary N) is 1. The van der Waals surface area contributed by atoms with Gasteiger partial charge in [0.05, 0.1) is 24.9 Å². The molecule has 0 fully saturated rings. The Labute approximate surface area is 192 Å². The van der Waals surface area contributed by atoms with E-state index in [-0.39, 0.29) is 13.2 Å². The van der Waals surface area contributed by atoms with E-state index < -0.39 is 12.0 Å². The molecule has 0 amide bonds. The molecule has 0 spiro atoms. The number of aromatic nitrogens is 1. The van der Waals surface area contributed by atoms with E-state index >= 15 is 0 Å². The summed E-state index contributed by atoms with van der Waals surface area (Å²) < 4.78 is 16.7. The first kappa shape index (κ1) is 22.3. The zero-order valence-electron chi connectivity index (χ0n) is 18.4. The van der Waals surface area contributed by atoms with Gasteiger partial charge < -0.3 is 19.9 Å². The van der Waals surface area contributed by atoms with Crippen LogP contribution in [0.1, 0.15) is 12.0 Å². The lowest BCUT2D eigenvalue weighted by Crippen LogP contribution is -2.33. The molecule has 4 rings (SSSR count). The summed E-state index contributed by atoms with van der Waals surface area (Å²) in [6.07, 6.45) is 0.328. The van der Waals surface area contributed by atoms with Crippen LogP contribution in [0.15, 0.2) is 84.9 Å². The molecule has 0 radical (unpaired) electrons. The van der Waals surface area contributed by atoms with E-state index in [4.69, 9.17) is 24.9 Å². The lowest BCUT2D eigenvalue weighted by Gasteiger charge is -2.15. The van der Waals surface area contributed by atoms with Crippen molar-refractivity contribution in [2.45, 2.75) is 19.1 Å². The number of fused-ring (bicyclic) bond motifs is 1. The van der Waals surface area contributed by atoms with Crippen molar-refractivity contribution in [1.82, 2.24) is 4.98 Å². The largest absolute Gasteiger partial charge is 0.497 e. The normalized spacial score (nSPS) is 11.7. The molecule has 0 saturated heterocycles. The maximum absolute atomic E-state index is 12.3. The third kappa shape index (κ3) is 5.67. The van der Waals surface area contributed by atoms with Crippen LogP contribution in [0.2, 0.25) is 0 Å². The van der Waals surface area contributed by atoms with Crippen LogP contribution in [0.25, 0.3) is 22.2 Å². The molecule has 0 aliphatic carbocycles. The standard InChI is InChI=1S/C27H26N2O4/c1-31-21-12-13-22-25(16-21)29-24(20-10-6-3-7-11-20)17-26(22)32-15-14-23(28)27(30)33-18-19-8-4-2-5-9-19/h2-13,16-17,23H,14-15,18,28H2,1H3/t23-/m0/s1. The van der Waals surface area contributed by atoms with Gasteiger partial charge in [0, 0.05) is 29.5 Å². The third-order valence-electron chi connectivity index (χ3n) is 5.26. The highest BCUT2D eigenvalue weighted by atomic mass is 16.5. The van der Waals surface area contributed by atoms with Crippen LogP contribution >= 0.6 is 0 Å². The second-order valence-corrected chi connectivity index (χ2v) is 7.59. The van der Waals surface area contributed by atoms with Crippen LogP contribution in [0.3, 0.4) is 0 Å². The molecule has 0 bridgehead atoms. The molecular weight excluding hydrogens is 416 g/mol. The number of hydrogen-bond acceptors (Lipinski definition) is 6. The number of methoxy groups -OCH3 is 1. The minimum absolute atomic E-state index is 0.200. The molecule has 168 valence electrons. The van der Waals surface area contributed by atoms with Crippen molar-refractivity contribution in [3.63, 3.8) is 0 Å². The third-order valence-corrected chi connectivity index (χ3v) is 5.26. The van der Waals surface area contributed by atoms with E-state index in [0.717, 1.165) is 27.7 Å². The Hall–Kier alpha value is -3.90. The molecule has 33 heavy (non-hydrogen) atoms. The van der Waals surface area contributed by atoms with Gasteiger partial charge in [-0.15, -0.1) is 0 Å². The van der Waals surface area contributed by atoms with E-state index in [9.17, 15) is 4.79 Å². The zero-order valence-corrected chi connectivity index (χ0v) is 18.4. The van der Waals surface area contributed by atoms with Gasteiger partial charge >= 0.3 is 5.97 Å². The maximum Gasteiger partial charge on any atom is 0.323 e. The molecule has 0 saturated carbocycles. The molecule has 0 unspecified atom stereocenters. The molecule has 3 aromatic carbocycles. The highest BCUT2D eigenvalue weighted by Gasteiger charge is 2.16. The van der Waals surface area contributed by atoms with Gasteiger partial charge in [-0.1, -0.05) is 60.7 Å². The predicted molar refractivity (Wildman–Crippen MR) is 128 cm³/mol. The second-order valence-electron chi connectivity index (χ2n) is 7.59. The van der Waals surface area contributed by atoms with Gasteiger partial charge in [-0.3, -0.25) is 4.79 Å². The Kier molecular flexibility index (Phi) is 7.17. The average molecular weight is 443 g/mol. The monoisotopic (exact) mass is 442 g/mol. The number of rotatable bonds is 9. The predicted octanol–water partition coefficient (Wildman–Crippen LogP) is 4.75. The first-order valence-corrected chi connectivity index (χ1v) is 10.8. The Bertz CT molecular complexity index is 1210. The molecule has 4 aromatic rings. The summed E-state index contributed by atoms with van der Waals surface area (Å²) in [7, 11) is 1.62. The number of nitrogens with zero attached hydrogens (tertiary/aromatic N) is 1.